The highest BCUT2D eigenvalue weighted by molar-refractivity contribution is 7.89. The van der Waals surface area contributed by atoms with Gasteiger partial charge < -0.3 is 9.67 Å². The molecule has 0 fully saturated rings. The summed E-state index contributed by atoms with van der Waals surface area (Å²) >= 11 is 1.45. The van der Waals surface area contributed by atoms with Gasteiger partial charge in [-0.1, -0.05) is 0 Å². The summed E-state index contributed by atoms with van der Waals surface area (Å²) in [5.41, 5.74) is 2.42. The Balaban J connectivity index is 2.06. The van der Waals surface area contributed by atoms with Crippen LogP contribution in [0.5, 0.6) is 0 Å². The normalized spacial score (nSPS) is 11.7. The number of hydrogen-bond donors (Lipinski definition) is 2. The molecule has 0 unspecified atom stereocenters. The first-order valence-electron chi connectivity index (χ1n) is 5.66. The van der Waals surface area contributed by atoms with Crippen LogP contribution < -0.4 is 4.72 Å². The van der Waals surface area contributed by atoms with Crippen LogP contribution in [0.4, 0.5) is 0 Å². The molecule has 2 N–H and O–H groups in total. The van der Waals surface area contributed by atoms with Crippen molar-refractivity contribution in [1.29, 1.82) is 0 Å². The summed E-state index contributed by atoms with van der Waals surface area (Å²) in [6.45, 7) is 0.212. The molecular weight excluding hydrogens is 302 g/mol. The summed E-state index contributed by atoms with van der Waals surface area (Å²) in [5, 5.41) is 10.7. The number of nitrogens with one attached hydrogen (secondary N) is 1. The molecule has 108 valence electrons. The molecule has 7 nitrogen and oxygen atoms in total. The third kappa shape index (κ3) is 3.24. The Labute approximate surface area is 119 Å². The molecule has 0 amide bonds. The molecule has 0 saturated carbocycles. The van der Waals surface area contributed by atoms with Gasteiger partial charge in [0.25, 0.3) is 0 Å². The standard InChI is InChI=1S/C11H13N3O4S2/c1-14-5-9(4-10(14)11(15)16)20(17,18)13-3-2-8-6-19-7-12-8/h4-7,13H,2-3H2,1H3,(H,15,16). The van der Waals surface area contributed by atoms with Crippen LogP contribution >= 0.6 is 11.3 Å². The Kier molecular flexibility index (Phi) is 4.21. The fourth-order valence-electron chi connectivity index (χ4n) is 1.65. The molecule has 2 aromatic rings. The minimum absolute atomic E-state index is 0.0596. The average molecular weight is 315 g/mol. The number of thiazole rings is 1. The highest BCUT2D eigenvalue weighted by Gasteiger charge is 2.19. The number of carboxylic acids is 1. The number of nitrogens with zero attached hydrogens (tertiary/aromatic N) is 2. The zero-order valence-electron chi connectivity index (χ0n) is 10.6. The SMILES string of the molecule is Cn1cc(S(=O)(=O)NCCc2cscn2)cc1C(=O)O. The van der Waals surface area contributed by atoms with Gasteiger partial charge in [-0.3, -0.25) is 0 Å². The van der Waals surface area contributed by atoms with Crippen molar-refractivity contribution in [3.05, 3.63) is 34.5 Å². The van der Waals surface area contributed by atoms with Crippen LogP contribution in [0.3, 0.4) is 0 Å². The largest absolute Gasteiger partial charge is 0.477 e. The van der Waals surface area contributed by atoms with Gasteiger partial charge in [-0.05, 0) is 6.07 Å². The lowest BCUT2D eigenvalue weighted by molar-refractivity contribution is 0.0686. The van der Waals surface area contributed by atoms with Gasteiger partial charge in [0.05, 0.1) is 11.2 Å². The van der Waals surface area contributed by atoms with Gasteiger partial charge in [0.2, 0.25) is 10.0 Å². The fourth-order valence-corrected chi connectivity index (χ4v) is 3.35. The first-order valence-corrected chi connectivity index (χ1v) is 8.09. The molecule has 0 saturated heterocycles. The van der Waals surface area contributed by atoms with E-state index in [2.05, 4.69) is 9.71 Å². The minimum Gasteiger partial charge on any atom is -0.477 e. The molecule has 0 aliphatic carbocycles. The molecular formula is C11H13N3O4S2. The molecule has 2 rings (SSSR count). The zero-order chi connectivity index (χ0) is 14.8. The quantitative estimate of drug-likeness (QED) is 0.817. The van der Waals surface area contributed by atoms with Crippen LogP contribution in [-0.4, -0.2) is 35.6 Å². The number of carbonyl (C=O) groups is 1. The molecule has 0 radical (unpaired) electrons. The number of rotatable bonds is 6. The van der Waals surface area contributed by atoms with E-state index in [0.29, 0.717) is 6.42 Å². The van der Waals surface area contributed by atoms with Crippen LogP contribution in [0.25, 0.3) is 0 Å². The Morgan fingerprint density at radius 1 is 1.55 bits per heavy atom. The zero-order valence-corrected chi connectivity index (χ0v) is 12.2. The summed E-state index contributed by atoms with van der Waals surface area (Å²) in [6.07, 6.45) is 1.76. The van der Waals surface area contributed by atoms with Crippen LogP contribution in [0.1, 0.15) is 16.2 Å². The highest BCUT2D eigenvalue weighted by Crippen LogP contribution is 2.13. The van der Waals surface area contributed by atoms with Crippen molar-refractivity contribution in [1.82, 2.24) is 14.3 Å². The highest BCUT2D eigenvalue weighted by atomic mass is 32.2. The van der Waals surface area contributed by atoms with Gasteiger partial charge in [-0.15, -0.1) is 11.3 Å². The van der Waals surface area contributed by atoms with E-state index >= 15 is 0 Å². The van der Waals surface area contributed by atoms with Crippen molar-refractivity contribution >= 4 is 27.3 Å². The number of aryl methyl sites for hydroxylation is 1. The topological polar surface area (TPSA) is 101 Å². The van der Waals surface area contributed by atoms with E-state index in [-0.39, 0.29) is 17.1 Å². The molecule has 0 aromatic carbocycles. The number of sulfonamides is 1. The van der Waals surface area contributed by atoms with Gasteiger partial charge >= 0.3 is 5.97 Å². The van der Waals surface area contributed by atoms with Crippen molar-refractivity contribution in [3.63, 3.8) is 0 Å². The molecule has 0 bridgehead atoms. The Bertz CT molecular complexity index is 704. The molecule has 2 heterocycles. The lowest BCUT2D eigenvalue weighted by Gasteiger charge is -2.03. The molecule has 0 aliphatic heterocycles. The van der Waals surface area contributed by atoms with Crippen molar-refractivity contribution in [2.75, 3.05) is 6.54 Å². The lowest BCUT2D eigenvalue weighted by atomic mass is 10.3. The molecule has 9 heteroatoms. The van der Waals surface area contributed by atoms with Crippen molar-refractivity contribution in [2.24, 2.45) is 7.05 Å². The van der Waals surface area contributed by atoms with Gasteiger partial charge in [0.1, 0.15) is 10.6 Å². The maximum atomic E-state index is 12.0. The number of carboxylic acid groups (broad SMARTS) is 1. The maximum Gasteiger partial charge on any atom is 0.352 e. The van der Waals surface area contributed by atoms with Gasteiger partial charge in [0.15, 0.2) is 0 Å². The van der Waals surface area contributed by atoms with Crippen molar-refractivity contribution in [3.8, 4) is 0 Å². The monoisotopic (exact) mass is 315 g/mol. The summed E-state index contributed by atoms with van der Waals surface area (Å²) in [5.74, 6) is -1.17. The van der Waals surface area contributed by atoms with E-state index in [0.717, 1.165) is 11.8 Å². The second kappa shape index (κ2) is 5.73. The molecule has 2 aromatic heterocycles. The van der Waals surface area contributed by atoms with Gasteiger partial charge in [0, 0.05) is 31.6 Å². The minimum atomic E-state index is -3.71. The van der Waals surface area contributed by atoms with E-state index in [1.54, 1.807) is 5.51 Å². The first-order chi connectivity index (χ1) is 9.40. The second-order valence-electron chi connectivity index (χ2n) is 4.10. The molecule has 0 spiro atoms. The van der Waals surface area contributed by atoms with Gasteiger partial charge in [-0.2, -0.15) is 0 Å². The number of aromatic carboxylic acids is 1. The van der Waals surface area contributed by atoms with E-state index < -0.39 is 16.0 Å². The Hall–Kier alpha value is -1.71. The van der Waals surface area contributed by atoms with E-state index in [9.17, 15) is 13.2 Å². The summed E-state index contributed by atoms with van der Waals surface area (Å²) < 4.78 is 27.7. The van der Waals surface area contributed by atoms with Crippen LogP contribution in [-0.2, 0) is 23.5 Å². The van der Waals surface area contributed by atoms with E-state index in [1.807, 2.05) is 5.38 Å². The predicted octanol–water partition coefficient (Wildman–Crippen LogP) is 0.701. The van der Waals surface area contributed by atoms with Crippen molar-refractivity contribution in [2.45, 2.75) is 11.3 Å². The average Bonchev–Trinajstić information content (AvgIpc) is 2.98. The third-order valence-electron chi connectivity index (χ3n) is 2.67. The predicted molar refractivity (Wildman–Crippen MR) is 73.4 cm³/mol. The van der Waals surface area contributed by atoms with Crippen LogP contribution in [0, 0.1) is 0 Å². The molecule has 0 aliphatic rings. The Morgan fingerprint density at radius 2 is 2.30 bits per heavy atom. The summed E-state index contributed by atoms with van der Waals surface area (Å²) in [7, 11) is -2.22. The second-order valence-corrected chi connectivity index (χ2v) is 6.59. The molecule has 0 atom stereocenters. The smallest absolute Gasteiger partial charge is 0.352 e. The third-order valence-corrected chi connectivity index (χ3v) is 4.73. The fraction of sp³-hybridized carbons (Fsp3) is 0.273. The van der Waals surface area contributed by atoms with Crippen molar-refractivity contribution < 1.29 is 18.3 Å². The van der Waals surface area contributed by atoms with E-state index in [1.165, 1.54) is 29.1 Å². The first kappa shape index (κ1) is 14.7. The lowest BCUT2D eigenvalue weighted by Crippen LogP contribution is -2.25. The van der Waals surface area contributed by atoms with Crippen LogP contribution in [0.2, 0.25) is 0 Å². The van der Waals surface area contributed by atoms with E-state index in [4.69, 9.17) is 5.11 Å². The van der Waals surface area contributed by atoms with Gasteiger partial charge in [-0.25, -0.2) is 22.9 Å². The molecule has 20 heavy (non-hydrogen) atoms. The summed E-state index contributed by atoms with van der Waals surface area (Å²) in [6, 6.07) is 1.13. The maximum absolute atomic E-state index is 12.0. The summed E-state index contributed by atoms with van der Waals surface area (Å²) in [4.78, 5) is 14.9. The van der Waals surface area contributed by atoms with Crippen LogP contribution in [0.15, 0.2) is 28.0 Å². The number of hydrogen-bond acceptors (Lipinski definition) is 5. The number of aromatic nitrogens is 2. The Morgan fingerprint density at radius 3 is 2.85 bits per heavy atom.